The molecule has 0 bridgehead atoms. The first-order chi connectivity index (χ1) is 27.4. The molecule has 0 amide bonds. The molecule has 0 radical (unpaired) electrons. The van der Waals surface area contributed by atoms with Gasteiger partial charge >= 0.3 is 27.6 Å². The second-order valence-corrected chi connectivity index (χ2v) is 16.2. The number of phosphoric ester groups is 2. The van der Waals surface area contributed by atoms with Gasteiger partial charge in [-0.3, -0.25) is 23.2 Å². The summed E-state index contributed by atoms with van der Waals surface area (Å²) < 4.78 is 47.7. The monoisotopic (exact) mass is 846 g/mol. The Morgan fingerprint density at radius 2 is 0.912 bits per heavy atom. The number of phosphoric acid groups is 2. The van der Waals surface area contributed by atoms with Gasteiger partial charge in [-0.2, -0.15) is 0 Å². The van der Waals surface area contributed by atoms with Gasteiger partial charge in [-0.1, -0.05) is 125 Å². The van der Waals surface area contributed by atoms with Crippen LogP contribution in [-0.4, -0.2) is 70.4 Å². The van der Waals surface area contributed by atoms with Crippen LogP contribution < -0.4 is 0 Å². The van der Waals surface area contributed by atoms with Crippen LogP contribution in [0.3, 0.4) is 0 Å². The molecule has 57 heavy (non-hydrogen) atoms. The van der Waals surface area contributed by atoms with Gasteiger partial charge in [0, 0.05) is 12.8 Å². The molecule has 0 aromatic heterocycles. The van der Waals surface area contributed by atoms with E-state index in [1.165, 1.54) is 0 Å². The van der Waals surface area contributed by atoms with Crippen molar-refractivity contribution in [1.29, 1.82) is 0 Å². The fourth-order valence-electron chi connectivity index (χ4n) is 5.02. The van der Waals surface area contributed by atoms with Crippen molar-refractivity contribution in [3.8, 4) is 0 Å². The van der Waals surface area contributed by atoms with Crippen molar-refractivity contribution in [2.45, 2.75) is 154 Å². The number of carbonyl (C=O) groups excluding carboxylic acids is 2. The van der Waals surface area contributed by atoms with Gasteiger partial charge in [0.25, 0.3) is 0 Å². The van der Waals surface area contributed by atoms with E-state index >= 15 is 0 Å². The number of carbonyl (C=O) groups is 2. The van der Waals surface area contributed by atoms with Crippen LogP contribution in [0.1, 0.15) is 142 Å². The summed E-state index contributed by atoms with van der Waals surface area (Å²) in [5.41, 5.74) is 0. The highest BCUT2D eigenvalue weighted by atomic mass is 31.2. The van der Waals surface area contributed by atoms with Crippen LogP contribution in [0.4, 0.5) is 0 Å². The minimum Gasteiger partial charge on any atom is -0.462 e. The van der Waals surface area contributed by atoms with Crippen LogP contribution in [0.5, 0.6) is 0 Å². The molecule has 0 fully saturated rings. The highest BCUT2D eigenvalue weighted by Gasteiger charge is 2.28. The standard InChI is InChI=1S/C42H72O13P2/c1-3-5-7-9-11-13-15-17-19-21-23-25-27-29-31-33-41(44)51-37-40(38-54-57(49,50)53-36-39(43)35-52-56(46,47)48)55-42(45)34-32-30-28-26-24-22-20-18-16-14-12-10-8-6-4-2/h5-8,11-14,17-20,39-40,43H,3-4,9-10,15-16,21-38H2,1-2H3,(H,49,50)(H2,46,47,48)/b7-5-,8-6-,13-11-,14-12-,19-17-,20-18-/t39-,40+/m0/s1. The van der Waals surface area contributed by atoms with E-state index in [4.69, 9.17) is 23.8 Å². The van der Waals surface area contributed by atoms with Gasteiger partial charge < -0.3 is 29.3 Å². The third-order valence-electron chi connectivity index (χ3n) is 8.08. The quantitative estimate of drug-likeness (QED) is 0.0199. The zero-order valence-corrected chi connectivity index (χ0v) is 36.2. The van der Waals surface area contributed by atoms with Gasteiger partial charge in [0.2, 0.25) is 0 Å². The predicted molar refractivity (Wildman–Crippen MR) is 225 cm³/mol. The average Bonchev–Trinajstić information content (AvgIpc) is 3.17. The molecule has 0 aliphatic rings. The van der Waals surface area contributed by atoms with Crippen LogP contribution in [0.2, 0.25) is 0 Å². The van der Waals surface area contributed by atoms with Crippen molar-refractivity contribution < 1.29 is 61.6 Å². The van der Waals surface area contributed by atoms with E-state index in [2.05, 4.69) is 95.8 Å². The Bertz CT molecular complexity index is 1290. The molecule has 0 saturated carbocycles. The number of hydrogen-bond acceptors (Lipinski definition) is 10. The SMILES string of the molecule is CC/C=C\C/C=C\C/C=C\CCCCCCCC(=O)OC[C@H](COP(=O)(O)OC[C@@H](O)COP(=O)(O)O)OC(=O)CCCCCCC/C=C\C/C=C\C/C=C\CC. The Hall–Kier alpha value is -2.44. The van der Waals surface area contributed by atoms with Gasteiger partial charge in [-0.15, -0.1) is 0 Å². The molecule has 0 rings (SSSR count). The maximum absolute atomic E-state index is 12.6. The number of aliphatic hydroxyl groups is 1. The molecule has 15 heteroatoms. The van der Waals surface area contributed by atoms with Crippen molar-refractivity contribution >= 4 is 27.6 Å². The number of allylic oxidation sites excluding steroid dienone is 12. The highest BCUT2D eigenvalue weighted by Crippen LogP contribution is 2.43. The predicted octanol–water partition coefficient (Wildman–Crippen LogP) is 10.2. The molecule has 0 aromatic carbocycles. The fraction of sp³-hybridized carbons (Fsp3) is 0.667. The van der Waals surface area contributed by atoms with Gasteiger partial charge in [0.1, 0.15) is 12.7 Å². The van der Waals surface area contributed by atoms with Crippen molar-refractivity contribution in [2.24, 2.45) is 0 Å². The van der Waals surface area contributed by atoms with E-state index in [-0.39, 0.29) is 12.8 Å². The van der Waals surface area contributed by atoms with Gasteiger partial charge in [0.05, 0.1) is 19.8 Å². The first-order valence-corrected chi connectivity index (χ1v) is 23.7. The summed E-state index contributed by atoms with van der Waals surface area (Å²) in [6.45, 7) is 1.48. The number of hydrogen-bond donors (Lipinski definition) is 4. The summed E-state index contributed by atoms with van der Waals surface area (Å²) >= 11 is 0. The highest BCUT2D eigenvalue weighted by molar-refractivity contribution is 7.47. The van der Waals surface area contributed by atoms with Crippen molar-refractivity contribution in [3.05, 3.63) is 72.9 Å². The van der Waals surface area contributed by atoms with Gasteiger partial charge in [-0.25, -0.2) is 9.13 Å². The normalized spacial score (nSPS) is 14.8. The van der Waals surface area contributed by atoms with E-state index in [0.717, 1.165) is 103 Å². The molecule has 0 spiro atoms. The fourth-order valence-corrected chi connectivity index (χ4v) is 6.18. The first-order valence-electron chi connectivity index (χ1n) is 20.6. The number of rotatable bonds is 38. The summed E-state index contributed by atoms with van der Waals surface area (Å²) in [5, 5.41) is 9.73. The molecule has 0 aromatic rings. The molecule has 1 unspecified atom stereocenters. The lowest BCUT2D eigenvalue weighted by Gasteiger charge is -2.20. The lowest BCUT2D eigenvalue weighted by molar-refractivity contribution is -0.161. The van der Waals surface area contributed by atoms with Gasteiger partial charge in [0.15, 0.2) is 6.10 Å². The molecule has 13 nitrogen and oxygen atoms in total. The summed E-state index contributed by atoms with van der Waals surface area (Å²) in [6, 6.07) is 0. The Balaban J connectivity index is 4.61. The molecular weight excluding hydrogens is 774 g/mol. The molecule has 328 valence electrons. The van der Waals surface area contributed by atoms with E-state index in [9.17, 15) is 28.7 Å². The lowest BCUT2D eigenvalue weighted by atomic mass is 10.1. The summed E-state index contributed by atoms with van der Waals surface area (Å²) in [6.07, 6.45) is 40.4. The van der Waals surface area contributed by atoms with Crippen LogP contribution in [-0.2, 0) is 41.8 Å². The number of aliphatic hydroxyl groups excluding tert-OH is 1. The van der Waals surface area contributed by atoms with Crippen LogP contribution in [0.25, 0.3) is 0 Å². The van der Waals surface area contributed by atoms with E-state index in [1.807, 2.05) is 0 Å². The van der Waals surface area contributed by atoms with E-state index in [1.54, 1.807) is 0 Å². The Labute approximate surface area is 342 Å². The van der Waals surface area contributed by atoms with E-state index in [0.29, 0.717) is 12.8 Å². The summed E-state index contributed by atoms with van der Waals surface area (Å²) in [4.78, 5) is 52.6. The first kappa shape index (κ1) is 54.6. The summed E-state index contributed by atoms with van der Waals surface area (Å²) in [5.74, 6) is -1.08. The second kappa shape index (κ2) is 37.8. The third-order valence-corrected chi connectivity index (χ3v) is 9.52. The lowest BCUT2D eigenvalue weighted by Crippen LogP contribution is -2.30. The minimum absolute atomic E-state index is 0.104. The molecule has 0 saturated heterocycles. The van der Waals surface area contributed by atoms with E-state index < -0.39 is 66.2 Å². The van der Waals surface area contributed by atoms with Crippen LogP contribution >= 0.6 is 15.6 Å². The zero-order chi connectivity index (χ0) is 42.3. The number of esters is 2. The molecule has 0 heterocycles. The van der Waals surface area contributed by atoms with Crippen LogP contribution in [0.15, 0.2) is 72.9 Å². The summed E-state index contributed by atoms with van der Waals surface area (Å²) in [7, 11) is -9.68. The smallest absolute Gasteiger partial charge is 0.462 e. The van der Waals surface area contributed by atoms with Crippen molar-refractivity contribution in [3.63, 3.8) is 0 Å². The van der Waals surface area contributed by atoms with Gasteiger partial charge in [-0.05, 0) is 77.0 Å². The Morgan fingerprint density at radius 3 is 1.40 bits per heavy atom. The maximum Gasteiger partial charge on any atom is 0.472 e. The maximum atomic E-state index is 12.6. The molecule has 0 aliphatic heterocycles. The molecule has 3 atom stereocenters. The Kier molecular flexibility index (Phi) is 36.2. The largest absolute Gasteiger partial charge is 0.472 e. The zero-order valence-electron chi connectivity index (χ0n) is 34.4. The minimum atomic E-state index is -4.87. The Morgan fingerprint density at radius 1 is 0.509 bits per heavy atom. The second-order valence-electron chi connectivity index (χ2n) is 13.5. The topological polar surface area (TPSA) is 195 Å². The number of ether oxygens (including phenoxy) is 2. The van der Waals surface area contributed by atoms with Crippen LogP contribution in [0, 0.1) is 0 Å². The molecule has 0 aliphatic carbocycles. The molecule has 4 N–H and O–H groups in total. The van der Waals surface area contributed by atoms with Crippen molar-refractivity contribution in [2.75, 3.05) is 26.4 Å². The molecular formula is C42H72O13P2. The average molecular weight is 847 g/mol. The van der Waals surface area contributed by atoms with Crippen molar-refractivity contribution in [1.82, 2.24) is 0 Å². The third kappa shape index (κ3) is 41.5. The number of unbranched alkanes of at least 4 members (excludes halogenated alkanes) is 10.